The number of imidazole rings is 1. The number of fused-ring (bicyclic) bond motifs is 1. The van der Waals surface area contributed by atoms with Gasteiger partial charge in [0.1, 0.15) is 0 Å². The number of hydrogen-bond acceptors (Lipinski definition) is 5. The highest BCUT2D eigenvalue weighted by Gasteiger charge is 2.16. The Morgan fingerprint density at radius 3 is 2.74 bits per heavy atom. The van der Waals surface area contributed by atoms with Gasteiger partial charge in [0.15, 0.2) is 11.2 Å². The van der Waals surface area contributed by atoms with Gasteiger partial charge in [0.25, 0.3) is 5.56 Å². The number of anilines is 1. The van der Waals surface area contributed by atoms with E-state index in [4.69, 9.17) is 11.6 Å². The molecule has 0 spiro atoms. The second-order valence-electron chi connectivity index (χ2n) is 5.75. The van der Waals surface area contributed by atoms with E-state index in [1.165, 1.54) is 11.6 Å². The standard InChI is InChI=1S/C17H16BrClN6O2/c1-10(19)7-8-25-13-14(24(2)17(27)22-15(13)26)21-16(25)23-20-9-11-3-5-12(18)6-4-11/h3-7,9H,8H2,1-2H3,(H,21,23)(H,22,26,27)/b10-7-,20-9-. The quantitative estimate of drug-likeness (QED) is 0.460. The summed E-state index contributed by atoms with van der Waals surface area (Å²) in [6, 6.07) is 7.60. The summed E-state index contributed by atoms with van der Waals surface area (Å²) >= 11 is 9.30. The van der Waals surface area contributed by atoms with E-state index in [-0.39, 0.29) is 11.2 Å². The number of allylic oxidation sites excluding steroid dienone is 2. The number of nitrogens with one attached hydrogen (secondary N) is 2. The lowest BCUT2D eigenvalue weighted by molar-refractivity contribution is 0.818. The van der Waals surface area contributed by atoms with Gasteiger partial charge in [-0.1, -0.05) is 45.7 Å². The van der Waals surface area contributed by atoms with Gasteiger partial charge in [-0.3, -0.25) is 18.9 Å². The average Bonchev–Trinajstić information content (AvgIpc) is 2.99. The molecule has 140 valence electrons. The summed E-state index contributed by atoms with van der Waals surface area (Å²) in [5, 5.41) is 4.75. The average molecular weight is 452 g/mol. The summed E-state index contributed by atoms with van der Waals surface area (Å²) in [6.07, 6.45) is 3.36. The van der Waals surface area contributed by atoms with E-state index in [0.717, 1.165) is 10.0 Å². The van der Waals surface area contributed by atoms with Crippen LogP contribution in [0.1, 0.15) is 12.5 Å². The van der Waals surface area contributed by atoms with Gasteiger partial charge in [0.2, 0.25) is 5.95 Å². The van der Waals surface area contributed by atoms with Gasteiger partial charge < -0.3 is 0 Å². The zero-order chi connectivity index (χ0) is 19.6. The number of halogens is 2. The predicted octanol–water partition coefficient (Wildman–Crippen LogP) is 2.77. The molecule has 2 N–H and O–H groups in total. The second-order valence-corrected chi connectivity index (χ2v) is 7.26. The number of aromatic amines is 1. The molecule has 0 atom stereocenters. The van der Waals surface area contributed by atoms with Crippen LogP contribution < -0.4 is 16.7 Å². The van der Waals surface area contributed by atoms with Crippen LogP contribution in [0.3, 0.4) is 0 Å². The minimum Gasteiger partial charge on any atom is -0.299 e. The lowest BCUT2D eigenvalue weighted by Crippen LogP contribution is -2.29. The summed E-state index contributed by atoms with van der Waals surface area (Å²) in [7, 11) is 1.54. The Balaban J connectivity index is 2.04. The maximum absolute atomic E-state index is 12.3. The van der Waals surface area contributed by atoms with E-state index in [9.17, 15) is 9.59 Å². The van der Waals surface area contributed by atoms with Crippen molar-refractivity contribution in [1.29, 1.82) is 0 Å². The highest BCUT2D eigenvalue weighted by Crippen LogP contribution is 2.16. The Hall–Kier alpha value is -2.65. The lowest BCUT2D eigenvalue weighted by Gasteiger charge is -2.05. The third-order valence-electron chi connectivity index (χ3n) is 3.81. The van der Waals surface area contributed by atoms with Crippen LogP contribution in [0.5, 0.6) is 0 Å². The maximum atomic E-state index is 12.3. The second kappa shape index (κ2) is 7.93. The van der Waals surface area contributed by atoms with E-state index < -0.39 is 11.2 Å². The number of H-pyrrole nitrogens is 1. The van der Waals surface area contributed by atoms with Crippen LogP contribution in [0, 0.1) is 0 Å². The SMILES string of the molecule is C/C(Cl)=C/Cn1c(N/N=C\c2ccc(Br)cc2)nc2c1c(=O)[nH]c(=O)n2C. The number of aromatic nitrogens is 4. The van der Waals surface area contributed by atoms with Crippen molar-refractivity contribution in [3.63, 3.8) is 0 Å². The predicted molar refractivity (Wildman–Crippen MR) is 111 cm³/mol. The van der Waals surface area contributed by atoms with E-state index >= 15 is 0 Å². The van der Waals surface area contributed by atoms with Crippen molar-refractivity contribution < 1.29 is 0 Å². The summed E-state index contributed by atoms with van der Waals surface area (Å²) in [5.74, 6) is 0.319. The minimum absolute atomic E-state index is 0.255. The van der Waals surface area contributed by atoms with Crippen molar-refractivity contribution in [1.82, 2.24) is 19.1 Å². The van der Waals surface area contributed by atoms with Gasteiger partial charge in [-0.2, -0.15) is 10.1 Å². The lowest BCUT2D eigenvalue weighted by atomic mass is 10.2. The van der Waals surface area contributed by atoms with Gasteiger partial charge in [-0.25, -0.2) is 10.2 Å². The molecule has 0 unspecified atom stereocenters. The maximum Gasteiger partial charge on any atom is 0.329 e. The number of rotatable bonds is 5. The fourth-order valence-electron chi connectivity index (χ4n) is 2.43. The Morgan fingerprint density at radius 2 is 2.07 bits per heavy atom. The number of aryl methyl sites for hydroxylation is 1. The largest absolute Gasteiger partial charge is 0.329 e. The molecule has 8 nitrogen and oxygen atoms in total. The molecule has 2 heterocycles. The van der Waals surface area contributed by atoms with Crippen molar-refractivity contribution >= 4 is 50.9 Å². The highest BCUT2D eigenvalue weighted by molar-refractivity contribution is 9.10. The van der Waals surface area contributed by atoms with Crippen LogP contribution in [0.2, 0.25) is 0 Å². The molecular formula is C17H16BrClN6O2. The molecule has 27 heavy (non-hydrogen) atoms. The molecule has 1 aromatic carbocycles. The van der Waals surface area contributed by atoms with Crippen LogP contribution in [0.25, 0.3) is 11.2 Å². The zero-order valence-electron chi connectivity index (χ0n) is 14.5. The Labute approximate surface area is 167 Å². The first-order valence-corrected chi connectivity index (χ1v) is 9.10. The van der Waals surface area contributed by atoms with Crippen molar-refractivity contribution in [2.24, 2.45) is 12.1 Å². The van der Waals surface area contributed by atoms with Crippen molar-refractivity contribution in [2.75, 3.05) is 5.43 Å². The molecule has 0 radical (unpaired) electrons. The highest BCUT2D eigenvalue weighted by atomic mass is 79.9. The van der Waals surface area contributed by atoms with Crippen LogP contribution in [-0.4, -0.2) is 25.3 Å². The number of benzene rings is 1. The Kier molecular flexibility index (Phi) is 5.62. The molecule has 0 bridgehead atoms. The molecule has 0 aliphatic heterocycles. The van der Waals surface area contributed by atoms with Gasteiger partial charge in [-0.15, -0.1) is 0 Å². The molecule has 10 heteroatoms. The van der Waals surface area contributed by atoms with E-state index in [1.807, 2.05) is 24.3 Å². The van der Waals surface area contributed by atoms with E-state index in [1.54, 1.807) is 23.8 Å². The van der Waals surface area contributed by atoms with Crippen LogP contribution in [-0.2, 0) is 13.6 Å². The normalized spacial score (nSPS) is 12.2. The topological polar surface area (TPSA) is 97.1 Å². The molecule has 0 aliphatic rings. The zero-order valence-corrected chi connectivity index (χ0v) is 16.9. The summed E-state index contributed by atoms with van der Waals surface area (Å²) < 4.78 is 3.85. The molecule has 0 saturated heterocycles. The Bertz CT molecular complexity index is 1150. The molecule has 3 aromatic rings. The number of nitrogens with zero attached hydrogens (tertiary/aromatic N) is 4. The fourth-order valence-corrected chi connectivity index (χ4v) is 2.76. The van der Waals surface area contributed by atoms with Gasteiger partial charge in [0, 0.05) is 23.1 Å². The first-order chi connectivity index (χ1) is 12.9. The number of hydrazone groups is 1. The molecule has 0 aliphatic carbocycles. The van der Waals surface area contributed by atoms with Crippen LogP contribution in [0.15, 0.2) is 54.5 Å². The summed E-state index contributed by atoms with van der Waals surface area (Å²) in [5.41, 5.74) is 3.17. The first kappa shape index (κ1) is 19.1. The number of hydrogen-bond donors (Lipinski definition) is 2. The molecule has 0 amide bonds. The molecule has 3 rings (SSSR count). The Morgan fingerprint density at radius 1 is 1.37 bits per heavy atom. The third kappa shape index (κ3) is 4.20. The smallest absolute Gasteiger partial charge is 0.299 e. The van der Waals surface area contributed by atoms with Crippen LogP contribution >= 0.6 is 27.5 Å². The van der Waals surface area contributed by atoms with Crippen molar-refractivity contribution in [3.8, 4) is 0 Å². The van der Waals surface area contributed by atoms with Crippen molar-refractivity contribution in [3.05, 3.63) is 66.2 Å². The molecule has 0 saturated carbocycles. The van der Waals surface area contributed by atoms with Crippen LogP contribution in [0.4, 0.5) is 5.95 Å². The molecule has 0 fully saturated rings. The summed E-state index contributed by atoms with van der Waals surface area (Å²) in [4.78, 5) is 30.8. The van der Waals surface area contributed by atoms with Gasteiger partial charge in [-0.05, 0) is 24.6 Å². The third-order valence-corrected chi connectivity index (χ3v) is 4.49. The fraction of sp³-hybridized carbons (Fsp3) is 0.176. The van der Waals surface area contributed by atoms with Gasteiger partial charge >= 0.3 is 5.69 Å². The molecule has 2 aromatic heterocycles. The van der Waals surface area contributed by atoms with E-state index in [0.29, 0.717) is 17.5 Å². The molecular weight excluding hydrogens is 436 g/mol. The van der Waals surface area contributed by atoms with Gasteiger partial charge in [0.05, 0.1) is 6.21 Å². The van der Waals surface area contributed by atoms with E-state index in [2.05, 4.69) is 36.4 Å². The minimum atomic E-state index is -0.536. The summed E-state index contributed by atoms with van der Waals surface area (Å²) in [6.45, 7) is 2.03. The first-order valence-electron chi connectivity index (χ1n) is 7.93. The monoisotopic (exact) mass is 450 g/mol. The van der Waals surface area contributed by atoms with Crippen molar-refractivity contribution in [2.45, 2.75) is 13.5 Å².